The Morgan fingerprint density at radius 1 is 0.500 bits per heavy atom. The Morgan fingerprint density at radius 2 is 0.907 bits per heavy atom. The van der Waals surface area contributed by atoms with Crippen LogP contribution in [0.2, 0.25) is 0 Å². The minimum absolute atomic E-state index is 0.0182. The molecule has 250 valence electrons. The molecule has 0 N–H and O–H groups in total. The smallest absolute Gasteiger partial charge is 0.309 e. The number of rotatable bonds is 3. The van der Waals surface area contributed by atoms with Crippen molar-refractivity contribution in [3.8, 4) is 46.8 Å². The molecular formula is C43H17F3N8. The minimum Gasteiger partial charge on any atom is -0.309 e. The Morgan fingerprint density at radius 3 is 1.31 bits per heavy atom. The lowest BCUT2D eigenvalue weighted by molar-refractivity contribution is -0.137. The zero-order chi connectivity index (χ0) is 37.9. The van der Waals surface area contributed by atoms with Crippen molar-refractivity contribution >= 4 is 55.0 Å². The summed E-state index contributed by atoms with van der Waals surface area (Å²) in [4.78, 5) is 7.19. The zero-order valence-electron chi connectivity index (χ0n) is 27.5. The van der Waals surface area contributed by atoms with Gasteiger partial charge in [-0.2, -0.15) is 34.2 Å². The highest BCUT2D eigenvalue weighted by Crippen LogP contribution is 2.44. The molecule has 0 saturated heterocycles. The van der Waals surface area contributed by atoms with Crippen molar-refractivity contribution in [1.29, 1.82) is 21.0 Å². The Hall–Kier alpha value is -8.35. The molecule has 0 radical (unpaired) electrons. The second kappa shape index (κ2) is 12.2. The van der Waals surface area contributed by atoms with Crippen LogP contribution in [0.15, 0.2) is 103 Å². The average molecular weight is 703 g/mol. The zero-order valence-corrected chi connectivity index (χ0v) is 27.5. The predicted molar refractivity (Wildman–Crippen MR) is 197 cm³/mol. The average Bonchev–Trinajstić information content (AvgIpc) is 3.70. The van der Waals surface area contributed by atoms with Gasteiger partial charge in [-0.3, -0.25) is 0 Å². The summed E-state index contributed by atoms with van der Waals surface area (Å²) in [5.41, 5.74) is 1.78. The van der Waals surface area contributed by atoms with Crippen LogP contribution < -0.4 is 0 Å². The summed E-state index contributed by atoms with van der Waals surface area (Å²) in [5, 5.41) is 43.1. The van der Waals surface area contributed by atoms with E-state index in [1.54, 1.807) is 88.0 Å². The van der Waals surface area contributed by atoms with Crippen molar-refractivity contribution in [2.75, 3.05) is 0 Å². The summed E-state index contributed by atoms with van der Waals surface area (Å²) in [7, 11) is 0. The number of fused-ring (bicyclic) bond motifs is 6. The van der Waals surface area contributed by atoms with Crippen LogP contribution in [0.25, 0.3) is 75.8 Å². The van der Waals surface area contributed by atoms with Crippen molar-refractivity contribution in [1.82, 2.24) is 9.13 Å². The fourth-order valence-corrected chi connectivity index (χ4v) is 7.15. The third-order valence-electron chi connectivity index (χ3n) is 9.47. The van der Waals surface area contributed by atoms with E-state index in [9.17, 15) is 34.2 Å². The molecule has 8 nitrogen and oxygen atoms in total. The topological polar surface area (TPSA) is 114 Å². The number of hydrogen-bond acceptors (Lipinski definition) is 4. The van der Waals surface area contributed by atoms with Crippen LogP contribution >= 0.6 is 0 Å². The molecule has 0 amide bonds. The van der Waals surface area contributed by atoms with Crippen molar-refractivity contribution in [2.45, 2.75) is 6.18 Å². The molecule has 8 aromatic rings. The first kappa shape index (κ1) is 32.8. The third-order valence-corrected chi connectivity index (χ3v) is 9.47. The summed E-state index contributed by atoms with van der Waals surface area (Å²) >= 11 is 0. The fourth-order valence-electron chi connectivity index (χ4n) is 7.15. The van der Waals surface area contributed by atoms with E-state index in [1.165, 1.54) is 24.3 Å². The molecule has 0 bridgehead atoms. The second-order valence-electron chi connectivity index (χ2n) is 12.4. The van der Waals surface area contributed by atoms with E-state index < -0.39 is 11.7 Å². The highest BCUT2D eigenvalue weighted by molar-refractivity contribution is 6.12. The summed E-state index contributed by atoms with van der Waals surface area (Å²) in [6, 6.07) is 34.5. The van der Waals surface area contributed by atoms with E-state index in [0.29, 0.717) is 43.6 Å². The summed E-state index contributed by atoms with van der Waals surface area (Å²) in [5.74, 6) is 0. The van der Waals surface area contributed by atoms with Crippen LogP contribution in [0.3, 0.4) is 0 Å². The van der Waals surface area contributed by atoms with Gasteiger partial charge in [0.25, 0.3) is 0 Å². The number of aromatic nitrogens is 2. The van der Waals surface area contributed by atoms with Gasteiger partial charge < -0.3 is 9.13 Å². The standard InChI is InChI=1S/C43H17F3N8/c1-51-28-6-11-33-31-9-4-25(21-48)14-37(31)53(41(33)18-28)39-16-27(30-8-3-24(20-47)13-36(30)43(44,45)46)17-40(35(39)23-50)54-38-15-26(22-49)5-10-32(38)34-12-7-29(52-2)19-42(34)54/h3-19H. The maximum Gasteiger partial charge on any atom is 0.417 e. The number of halogens is 3. The highest BCUT2D eigenvalue weighted by atomic mass is 19.4. The molecule has 0 aliphatic heterocycles. The largest absolute Gasteiger partial charge is 0.417 e. The molecule has 2 heterocycles. The molecule has 8 rings (SSSR count). The number of hydrogen-bond donors (Lipinski definition) is 0. The Balaban J connectivity index is 1.63. The molecule has 54 heavy (non-hydrogen) atoms. The maximum atomic E-state index is 14.8. The quantitative estimate of drug-likeness (QED) is 0.170. The van der Waals surface area contributed by atoms with Crippen LogP contribution in [0, 0.1) is 58.5 Å². The molecule has 0 spiro atoms. The molecule has 0 aliphatic carbocycles. The summed E-state index contributed by atoms with van der Waals surface area (Å²) in [6.07, 6.45) is -4.88. The van der Waals surface area contributed by atoms with Gasteiger partial charge in [0.1, 0.15) is 11.6 Å². The monoisotopic (exact) mass is 702 g/mol. The van der Waals surface area contributed by atoms with Crippen LogP contribution in [-0.4, -0.2) is 9.13 Å². The van der Waals surface area contributed by atoms with Gasteiger partial charge in [-0.25, -0.2) is 9.69 Å². The highest BCUT2D eigenvalue weighted by Gasteiger charge is 2.35. The van der Waals surface area contributed by atoms with Gasteiger partial charge in [0.15, 0.2) is 11.4 Å². The van der Waals surface area contributed by atoms with Gasteiger partial charge in [-0.15, -0.1) is 0 Å². The lowest BCUT2D eigenvalue weighted by Gasteiger charge is -2.20. The Kier molecular flexibility index (Phi) is 7.39. The van der Waals surface area contributed by atoms with Gasteiger partial charge >= 0.3 is 6.18 Å². The first-order chi connectivity index (χ1) is 26.1. The molecule has 11 heteroatoms. The molecule has 0 fully saturated rings. The first-order valence-electron chi connectivity index (χ1n) is 16.0. The van der Waals surface area contributed by atoms with Crippen LogP contribution in [0.4, 0.5) is 24.5 Å². The van der Waals surface area contributed by atoms with Crippen molar-refractivity contribution in [2.24, 2.45) is 0 Å². The van der Waals surface area contributed by atoms with Crippen molar-refractivity contribution in [3.05, 3.63) is 154 Å². The second-order valence-corrected chi connectivity index (χ2v) is 12.4. The number of nitrogens with zero attached hydrogens (tertiary/aromatic N) is 8. The summed E-state index contributed by atoms with van der Waals surface area (Å²) in [6.45, 7) is 15.4. The molecule has 2 aromatic heterocycles. The molecule has 0 atom stereocenters. The van der Waals surface area contributed by atoms with Crippen LogP contribution in [0.5, 0.6) is 0 Å². The van der Waals surface area contributed by atoms with E-state index in [4.69, 9.17) is 13.1 Å². The normalized spacial score (nSPS) is 11.1. The molecular weight excluding hydrogens is 686 g/mol. The maximum absolute atomic E-state index is 14.8. The summed E-state index contributed by atoms with van der Waals surface area (Å²) < 4.78 is 47.8. The molecule has 6 aromatic carbocycles. The van der Waals surface area contributed by atoms with E-state index in [1.807, 2.05) is 0 Å². The Labute approximate surface area is 304 Å². The fraction of sp³-hybridized carbons (Fsp3) is 0.0233. The van der Waals surface area contributed by atoms with Crippen molar-refractivity contribution < 1.29 is 13.2 Å². The lowest BCUT2D eigenvalue weighted by atomic mass is 9.94. The number of benzene rings is 6. The SMILES string of the molecule is [C-]#[N+]c1ccc2c3ccc(C#N)cc3n(-c3cc(-c4ccc(C#N)cc4C(F)(F)F)cc(-n4c5cc(C#N)ccc5c5ccc([N+]#[C-])cc54)c3C#N)c2c1. The first-order valence-corrected chi connectivity index (χ1v) is 16.0. The molecule has 0 aliphatic rings. The van der Waals surface area contributed by atoms with Crippen molar-refractivity contribution in [3.63, 3.8) is 0 Å². The minimum atomic E-state index is -4.88. The van der Waals surface area contributed by atoms with Gasteiger partial charge in [-0.05, 0) is 71.8 Å². The molecule has 0 saturated carbocycles. The van der Waals surface area contributed by atoms with E-state index in [-0.39, 0.29) is 56.1 Å². The van der Waals surface area contributed by atoms with Gasteiger partial charge in [-0.1, -0.05) is 42.5 Å². The van der Waals surface area contributed by atoms with Gasteiger partial charge in [0.2, 0.25) is 0 Å². The lowest BCUT2D eigenvalue weighted by Crippen LogP contribution is -2.09. The van der Waals surface area contributed by atoms with Gasteiger partial charge in [0.05, 0.1) is 76.0 Å². The molecule has 0 unspecified atom stereocenters. The van der Waals surface area contributed by atoms with Crippen LogP contribution in [-0.2, 0) is 6.18 Å². The predicted octanol–water partition coefficient (Wildman–Crippen LogP) is 11.2. The Bertz CT molecular complexity index is 2920. The number of nitriles is 4. The third kappa shape index (κ3) is 4.95. The number of alkyl halides is 3. The van der Waals surface area contributed by atoms with Crippen LogP contribution in [0.1, 0.15) is 27.8 Å². The van der Waals surface area contributed by atoms with E-state index >= 15 is 0 Å². The van der Waals surface area contributed by atoms with E-state index in [2.05, 4.69) is 27.9 Å². The van der Waals surface area contributed by atoms with Gasteiger partial charge in [0, 0.05) is 32.6 Å². The van der Waals surface area contributed by atoms with E-state index in [0.717, 1.165) is 6.07 Å².